The molecule has 0 aliphatic carbocycles. The highest BCUT2D eigenvalue weighted by Crippen LogP contribution is 2.25. The predicted molar refractivity (Wildman–Crippen MR) is 72.7 cm³/mol. The Labute approximate surface area is 110 Å². The Balaban J connectivity index is 2.39. The van der Waals surface area contributed by atoms with E-state index >= 15 is 0 Å². The number of phenols is 1. The van der Waals surface area contributed by atoms with Gasteiger partial charge in [0.25, 0.3) is 0 Å². The molecule has 0 unspecified atom stereocenters. The first kappa shape index (κ1) is 12.5. The van der Waals surface area contributed by atoms with E-state index in [4.69, 9.17) is 11.6 Å². The van der Waals surface area contributed by atoms with Gasteiger partial charge in [0.1, 0.15) is 5.75 Å². The minimum absolute atomic E-state index is 0.109. The maximum atomic E-state index is 12.0. The number of halogens is 1. The Morgan fingerprint density at radius 3 is 2.50 bits per heavy atom. The summed E-state index contributed by atoms with van der Waals surface area (Å²) in [7, 11) is 0. The van der Waals surface area contributed by atoms with Gasteiger partial charge >= 0.3 is 0 Å². The van der Waals surface area contributed by atoms with Crippen LogP contribution in [0.3, 0.4) is 0 Å². The fourth-order valence-corrected chi connectivity index (χ4v) is 1.73. The molecule has 4 heteroatoms. The molecular weight excluding hydrogens is 250 g/mol. The fraction of sp³-hybridized carbons (Fsp3) is 0.0714. The highest BCUT2D eigenvalue weighted by Gasteiger charge is 2.09. The molecule has 0 aliphatic heterocycles. The van der Waals surface area contributed by atoms with E-state index in [1.54, 1.807) is 49.4 Å². The molecule has 1 N–H and O–H groups in total. The molecule has 0 amide bonds. The molecule has 92 valence electrons. The van der Waals surface area contributed by atoms with Crippen molar-refractivity contribution >= 4 is 23.5 Å². The van der Waals surface area contributed by atoms with Gasteiger partial charge in [0.2, 0.25) is 5.69 Å². The number of nitrogens with zero attached hydrogens (tertiary/aromatic N) is 1. The average molecular weight is 262 g/mol. The molecule has 0 heterocycles. The summed E-state index contributed by atoms with van der Waals surface area (Å²) in [5, 5.41) is 22.2. The molecule has 0 radical (unpaired) electrons. The minimum atomic E-state index is 0.109. The number of phenolic OH excluding ortho intramolecular Hbond substituents is 1. The summed E-state index contributed by atoms with van der Waals surface area (Å²) in [5.74, 6) is 0.109. The van der Waals surface area contributed by atoms with Gasteiger partial charge in [-0.25, -0.2) is 0 Å². The minimum Gasteiger partial charge on any atom is -0.618 e. The van der Waals surface area contributed by atoms with Gasteiger partial charge in [0, 0.05) is 16.7 Å². The zero-order valence-corrected chi connectivity index (χ0v) is 10.6. The molecule has 0 fully saturated rings. The summed E-state index contributed by atoms with van der Waals surface area (Å²) in [6.07, 6.45) is 1.44. The summed E-state index contributed by atoms with van der Waals surface area (Å²) in [6, 6.07) is 11.8. The van der Waals surface area contributed by atoms with Crippen LogP contribution in [-0.4, -0.2) is 16.1 Å². The number of rotatable bonds is 2. The van der Waals surface area contributed by atoms with Crippen molar-refractivity contribution in [2.75, 3.05) is 0 Å². The molecule has 0 aromatic heterocycles. The molecule has 0 saturated carbocycles. The van der Waals surface area contributed by atoms with E-state index in [-0.39, 0.29) is 5.75 Å². The van der Waals surface area contributed by atoms with E-state index in [0.717, 1.165) is 10.3 Å². The number of hydrogen-bond donors (Lipinski definition) is 1. The van der Waals surface area contributed by atoms with Crippen LogP contribution in [0.15, 0.2) is 42.5 Å². The highest BCUT2D eigenvalue weighted by atomic mass is 35.5. The molecule has 0 atom stereocenters. The van der Waals surface area contributed by atoms with Crippen molar-refractivity contribution in [2.45, 2.75) is 6.92 Å². The number of hydrogen-bond acceptors (Lipinski definition) is 2. The summed E-state index contributed by atoms with van der Waals surface area (Å²) < 4.78 is 0.734. The number of aromatic hydroxyl groups is 1. The third-order valence-corrected chi connectivity index (χ3v) is 2.90. The lowest BCUT2D eigenvalue weighted by molar-refractivity contribution is -0.355. The van der Waals surface area contributed by atoms with E-state index < -0.39 is 0 Å². The van der Waals surface area contributed by atoms with Crippen LogP contribution in [0.5, 0.6) is 5.75 Å². The Bertz CT molecular complexity index is 591. The summed E-state index contributed by atoms with van der Waals surface area (Å²) in [6.45, 7) is 1.70. The van der Waals surface area contributed by atoms with Crippen molar-refractivity contribution in [3.05, 3.63) is 63.8 Å². The Morgan fingerprint density at radius 2 is 1.83 bits per heavy atom. The second-order valence-electron chi connectivity index (χ2n) is 3.93. The quantitative estimate of drug-likeness (QED) is 0.388. The fourth-order valence-electron chi connectivity index (χ4n) is 1.60. The molecule has 2 aromatic carbocycles. The molecule has 2 rings (SSSR count). The van der Waals surface area contributed by atoms with Gasteiger partial charge in [0.05, 0.1) is 5.56 Å². The van der Waals surface area contributed by atoms with Crippen LogP contribution in [0, 0.1) is 12.1 Å². The lowest BCUT2D eigenvalue weighted by atomic mass is 10.2. The monoisotopic (exact) mass is 261 g/mol. The maximum Gasteiger partial charge on any atom is 0.223 e. The molecule has 0 bridgehead atoms. The van der Waals surface area contributed by atoms with E-state index in [2.05, 4.69) is 0 Å². The van der Waals surface area contributed by atoms with Gasteiger partial charge in [-0.15, -0.1) is 0 Å². The molecule has 0 spiro atoms. The molecule has 2 aromatic rings. The third-order valence-electron chi connectivity index (χ3n) is 2.65. The molecule has 3 nitrogen and oxygen atoms in total. The van der Waals surface area contributed by atoms with Crippen LogP contribution in [0.2, 0.25) is 5.02 Å². The lowest BCUT2D eigenvalue weighted by Gasteiger charge is -2.07. The summed E-state index contributed by atoms with van der Waals surface area (Å²) in [5.41, 5.74) is 1.72. The Hall–Kier alpha value is -2.00. The molecule has 0 aliphatic rings. The van der Waals surface area contributed by atoms with Crippen LogP contribution in [0.25, 0.3) is 0 Å². The van der Waals surface area contributed by atoms with Gasteiger partial charge < -0.3 is 10.3 Å². The predicted octanol–water partition coefficient (Wildman–Crippen LogP) is 3.61. The van der Waals surface area contributed by atoms with Gasteiger partial charge in [-0.05, 0) is 37.3 Å². The largest absolute Gasteiger partial charge is 0.618 e. The standard InChI is InChI=1S/C14H12ClNO2/c1-10-13(3-2-4-14(10)17)16(18)9-11-5-7-12(15)8-6-11/h2-9,17H,1H3. The zero-order valence-electron chi connectivity index (χ0n) is 9.80. The van der Waals surface area contributed by atoms with Gasteiger partial charge in [0.15, 0.2) is 6.21 Å². The summed E-state index contributed by atoms with van der Waals surface area (Å²) in [4.78, 5) is 0. The molecule has 0 saturated heterocycles. The Kier molecular flexibility index (Phi) is 3.53. The molecule has 18 heavy (non-hydrogen) atoms. The van der Waals surface area contributed by atoms with Crippen molar-refractivity contribution in [3.8, 4) is 5.75 Å². The first-order valence-corrected chi connectivity index (χ1v) is 5.81. The van der Waals surface area contributed by atoms with Crippen molar-refractivity contribution < 1.29 is 9.85 Å². The highest BCUT2D eigenvalue weighted by molar-refractivity contribution is 6.30. The van der Waals surface area contributed by atoms with E-state index in [0.29, 0.717) is 16.3 Å². The second kappa shape index (κ2) is 5.10. The summed E-state index contributed by atoms with van der Waals surface area (Å²) >= 11 is 5.77. The molecular formula is C14H12ClNO2. The van der Waals surface area contributed by atoms with Crippen LogP contribution >= 0.6 is 11.6 Å². The van der Waals surface area contributed by atoms with Crippen molar-refractivity contribution in [2.24, 2.45) is 0 Å². The lowest BCUT2D eigenvalue weighted by Crippen LogP contribution is -2.00. The smallest absolute Gasteiger partial charge is 0.223 e. The van der Waals surface area contributed by atoms with Gasteiger partial charge in [-0.1, -0.05) is 17.7 Å². The van der Waals surface area contributed by atoms with Gasteiger partial charge in [-0.3, -0.25) is 0 Å². The Morgan fingerprint density at radius 1 is 1.17 bits per heavy atom. The van der Waals surface area contributed by atoms with Crippen molar-refractivity contribution in [1.82, 2.24) is 0 Å². The van der Waals surface area contributed by atoms with Crippen molar-refractivity contribution in [3.63, 3.8) is 0 Å². The van der Waals surface area contributed by atoms with Crippen LogP contribution in [0.1, 0.15) is 11.1 Å². The van der Waals surface area contributed by atoms with E-state index in [9.17, 15) is 10.3 Å². The van der Waals surface area contributed by atoms with E-state index in [1.807, 2.05) is 0 Å². The van der Waals surface area contributed by atoms with Crippen LogP contribution in [0.4, 0.5) is 5.69 Å². The SMILES string of the molecule is Cc1c(O)cccc1[N+]([O-])=Cc1ccc(Cl)cc1. The number of benzene rings is 2. The van der Waals surface area contributed by atoms with Crippen LogP contribution in [-0.2, 0) is 0 Å². The first-order valence-electron chi connectivity index (χ1n) is 5.43. The van der Waals surface area contributed by atoms with Gasteiger partial charge in [-0.2, -0.15) is 4.74 Å². The third kappa shape index (κ3) is 2.63. The average Bonchev–Trinajstić information content (AvgIpc) is 2.35. The normalized spacial score (nSPS) is 11.6. The second-order valence-corrected chi connectivity index (χ2v) is 4.36. The van der Waals surface area contributed by atoms with Crippen LogP contribution < -0.4 is 0 Å². The van der Waals surface area contributed by atoms with E-state index in [1.165, 1.54) is 6.21 Å². The van der Waals surface area contributed by atoms with Crippen molar-refractivity contribution in [1.29, 1.82) is 0 Å². The zero-order chi connectivity index (χ0) is 13.1. The maximum absolute atomic E-state index is 12.0. The topological polar surface area (TPSA) is 46.3 Å². The first-order chi connectivity index (χ1) is 8.58.